The number of aromatic nitrogens is 3. The van der Waals surface area contributed by atoms with Crippen molar-refractivity contribution in [1.29, 1.82) is 0 Å². The Morgan fingerprint density at radius 3 is 2.65 bits per heavy atom. The molecule has 0 saturated heterocycles. The summed E-state index contributed by atoms with van der Waals surface area (Å²) in [5, 5.41) is 2.88. The molecule has 0 bridgehead atoms. The number of imidazole rings is 1. The van der Waals surface area contributed by atoms with Crippen LogP contribution >= 0.6 is 0 Å². The van der Waals surface area contributed by atoms with Gasteiger partial charge in [-0.15, -0.1) is 0 Å². The molecule has 2 aromatic carbocycles. The quantitative estimate of drug-likeness (QED) is 0.580. The highest BCUT2D eigenvalue weighted by molar-refractivity contribution is 6.06. The van der Waals surface area contributed by atoms with Crippen LogP contribution in [-0.2, 0) is 0 Å². The number of aryl methyl sites for hydroxylation is 1. The molecule has 5 nitrogen and oxygen atoms in total. The lowest BCUT2D eigenvalue weighted by atomic mass is 10.0. The number of H-pyrrole nitrogens is 1. The van der Waals surface area contributed by atoms with Crippen LogP contribution in [0.2, 0.25) is 0 Å². The molecule has 0 aliphatic carbocycles. The Bertz CT molecular complexity index is 1100. The maximum absolute atomic E-state index is 13.1. The third-order valence-corrected chi connectivity index (χ3v) is 4.19. The number of carbonyl (C=O) groups excluding carboxylic acids is 1. The molecule has 0 fully saturated rings. The fraction of sp³-hybridized carbons (Fsp3) is 0.0500. The van der Waals surface area contributed by atoms with Gasteiger partial charge in [0.05, 0.1) is 28.6 Å². The van der Waals surface area contributed by atoms with Crippen molar-refractivity contribution in [2.45, 2.75) is 6.92 Å². The third-order valence-electron chi connectivity index (χ3n) is 4.19. The predicted octanol–water partition coefficient (Wildman–Crippen LogP) is 4.32. The average molecular weight is 346 g/mol. The zero-order valence-corrected chi connectivity index (χ0v) is 14.0. The molecule has 26 heavy (non-hydrogen) atoms. The fourth-order valence-electron chi connectivity index (χ4n) is 2.77. The Morgan fingerprint density at radius 1 is 1.04 bits per heavy atom. The highest BCUT2D eigenvalue weighted by atomic mass is 19.1. The lowest BCUT2D eigenvalue weighted by molar-refractivity contribution is 0.102. The van der Waals surface area contributed by atoms with Crippen LogP contribution in [0.25, 0.3) is 22.2 Å². The summed E-state index contributed by atoms with van der Waals surface area (Å²) in [5.41, 5.74) is 4.99. The van der Waals surface area contributed by atoms with Crippen LogP contribution in [0, 0.1) is 12.7 Å². The number of aromatic amines is 1. The number of halogens is 1. The standard InChI is InChI=1S/C20H15FN4O/c1-12-17(8-14(10-22-12)13-2-4-15(21)5-3-13)20(26)25-16-6-7-18-19(9-16)24-11-23-18/h2-11H,1H3,(H,23,24)(H,25,26). The second-order valence-electron chi connectivity index (χ2n) is 5.95. The number of rotatable bonds is 3. The van der Waals surface area contributed by atoms with Crippen LogP contribution < -0.4 is 5.32 Å². The van der Waals surface area contributed by atoms with Gasteiger partial charge in [0.2, 0.25) is 0 Å². The number of benzene rings is 2. The van der Waals surface area contributed by atoms with E-state index in [4.69, 9.17) is 0 Å². The number of anilines is 1. The SMILES string of the molecule is Cc1ncc(-c2ccc(F)cc2)cc1C(=O)Nc1ccc2nc[nH]c2c1. The molecular formula is C20H15FN4O. The van der Waals surface area contributed by atoms with Crippen molar-refractivity contribution < 1.29 is 9.18 Å². The summed E-state index contributed by atoms with van der Waals surface area (Å²) in [4.78, 5) is 24.2. The summed E-state index contributed by atoms with van der Waals surface area (Å²) in [6, 6.07) is 13.3. The van der Waals surface area contributed by atoms with E-state index in [9.17, 15) is 9.18 Å². The molecule has 4 rings (SSSR count). The minimum absolute atomic E-state index is 0.252. The minimum atomic E-state index is -0.305. The highest BCUT2D eigenvalue weighted by Crippen LogP contribution is 2.22. The molecular weight excluding hydrogens is 331 g/mol. The zero-order chi connectivity index (χ0) is 18.1. The Balaban J connectivity index is 1.64. The number of amides is 1. The Kier molecular flexibility index (Phi) is 3.93. The van der Waals surface area contributed by atoms with Gasteiger partial charge in [0.25, 0.3) is 5.91 Å². The van der Waals surface area contributed by atoms with E-state index < -0.39 is 0 Å². The van der Waals surface area contributed by atoms with Crippen molar-refractivity contribution >= 4 is 22.6 Å². The third kappa shape index (κ3) is 3.04. The van der Waals surface area contributed by atoms with Crippen LogP contribution in [0.1, 0.15) is 16.1 Å². The van der Waals surface area contributed by atoms with Crippen LogP contribution in [0.4, 0.5) is 10.1 Å². The summed E-state index contributed by atoms with van der Waals surface area (Å²) < 4.78 is 13.1. The van der Waals surface area contributed by atoms with Gasteiger partial charge < -0.3 is 10.3 Å². The Morgan fingerprint density at radius 2 is 1.85 bits per heavy atom. The van der Waals surface area contributed by atoms with Gasteiger partial charge in [-0.05, 0) is 48.9 Å². The van der Waals surface area contributed by atoms with Gasteiger partial charge in [-0.3, -0.25) is 9.78 Å². The number of hydrogen-bond donors (Lipinski definition) is 2. The molecule has 4 aromatic rings. The first-order valence-electron chi connectivity index (χ1n) is 8.07. The molecule has 128 valence electrons. The van der Waals surface area contributed by atoms with Gasteiger partial charge in [0.1, 0.15) is 5.82 Å². The first-order chi connectivity index (χ1) is 12.6. The second-order valence-corrected chi connectivity index (χ2v) is 5.95. The first-order valence-corrected chi connectivity index (χ1v) is 8.07. The highest BCUT2D eigenvalue weighted by Gasteiger charge is 2.13. The zero-order valence-electron chi connectivity index (χ0n) is 14.0. The van der Waals surface area contributed by atoms with Gasteiger partial charge >= 0.3 is 0 Å². The molecule has 0 saturated carbocycles. The number of nitrogens with zero attached hydrogens (tertiary/aromatic N) is 2. The van der Waals surface area contributed by atoms with E-state index in [1.165, 1.54) is 12.1 Å². The molecule has 0 radical (unpaired) electrons. The molecule has 6 heteroatoms. The topological polar surface area (TPSA) is 70.7 Å². The summed E-state index contributed by atoms with van der Waals surface area (Å²) in [7, 11) is 0. The summed E-state index contributed by atoms with van der Waals surface area (Å²) in [6.07, 6.45) is 3.28. The Labute approximate surface area is 148 Å². The van der Waals surface area contributed by atoms with E-state index >= 15 is 0 Å². The summed E-state index contributed by atoms with van der Waals surface area (Å²) in [6.45, 7) is 1.78. The predicted molar refractivity (Wildman–Crippen MR) is 98.4 cm³/mol. The van der Waals surface area contributed by atoms with E-state index in [0.717, 1.165) is 22.2 Å². The van der Waals surface area contributed by atoms with Gasteiger partial charge in [-0.1, -0.05) is 12.1 Å². The van der Waals surface area contributed by atoms with Crippen LogP contribution in [0.15, 0.2) is 61.1 Å². The number of fused-ring (bicyclic) bond motifs is 1. The summed E-state index contributed by atoms with van der Waals surface area (Å²) in [5.74, 6) is -0.557. The van der Waals surface area contributed by atoms with Gasteiger partial charge in [-0.25, -0.2) is 9.37 Å². The van der Waals surface area contributed by atoms with Crippen molar-refractivity contribution in [3.05, 3.63) is 78.1 Å². The Hall–Kier alpha value is -3.54. The van der Waals surface area contributed by atoms with E-state index in [1.54, 1.807) is 43.7 Å². The molecule has 0 aliphatic heterocycles. The number of hydrogen-bond acceptors (Lipinski definition) is 3. The minimum Gasteiger partial charge on any atom is -0.345 e. The van der Waals surface area contributed by atoms with E-state index in [-0.39, 0.29) is 11.7 Å². The molecule has 0 unspecified atom stereocenters. The lowest BCUT2D eigenvalue weighted by Gasteiger charge is -2.10. The van der Waals surface area contributed by atoms with Crippen LogP contribution in [-0.4, -0.2) is 20.9 Å². The molecule has 0 aliphatic rings. The fourth-order valence-corrected chi connectivity index (χ4v) is 2.77. The molecule has 1 amide bonds. The van der Waals surface area contributed by atoms with Crippen LogP contribution in [0.3, 0.4) is 0 Å². The van der Waals surface area contributed by atoms with E-state index in [1.807, 2.05) is 12.1 Å². The summed E-state index contributed by atoms with van der Waals surface area (Å²) >= 11 is 0. The maximum atomic E-state index is 13.1. The number of nitrogens with one attached hydrogen (secondary N) is 2. The van der Waals surface area contributed by atoms with E-state index in [2.05, 4.69) is 20.3 Å². The number of pyridine rings is 1. The van der Waals surface area contributed by atoms with Crippen molar-refractivity contribution in [1.82, 2.24) is 15.0 Å². The van der Waals surface area contributed by atoms with Crippen molar-refractivity contribution in [2.75, 3.05) is 5.32 Å². The lowest BCUT2D eigenvalue weighted by Crippen LogP contribution is -2.14. The van der Waals surface area contributed by atoms with Crippen molar-refractivity contribution in [2.24, 2.45) is 0 Å². The number of carbonyl (C=O) groups is 1. The van der Waals surface area contributed by atoms with Gasteiger partial charge in [0.15, 0.2) is 0 Å². The average Bonchev–Trinajstić information content (AvgIpc) is 3.10. The monoisotopic (exact) mass is 346 g/mol. The van der Waals surface area contributed by atoms with Gasteiger partial charge in [-0.2, -0.15) is 0 Å². The smallest absolute Gasteiger partial charge is 0.257 e. The molecule has 0 atom stereocenters. The molecule has 2 N–H and O–H groups in total. The normalized spacial score (nSPS) is 10.8. The second kappa shape index (κ2) is 6.40. The van der Waals surface area contributed by atoms with E-state index in [0.29, 0.717) is 16.9 Å². The van der Waals surface area contributed by atoms with Crippen LogP contribution in [0.5, 0.6) is 0 Å². The van der Waals surface area contributed by atoms with Crippen molar-refractivity contribution in [3.8, 4) is 11.1 Å². The first kappa shape index (κ1) is 16.0. The molecule has 2 aromatic heterocycles. The largest absolute Gasteiger partial charge is 0.345 e. The molecule has 0 spiro atoms. The van der Waals surface area contributed by atoms with Crippen molar-refractivity contribution in [3.63, 3.8) is 0 Å². The molecule has 2 heterocycles. The van der Waals surface area contributed by atoms with Gasteiger partial charge in [0, 0.05) is 17.4 Å². The maximum Gasteiger partial charge on any atom is 0.257 e.